The lowest BCUT2D eigenvalue weighted by atomic mass is 9.83. The second-order valence-corrected chi connectivity index (χ2v) is 5.81. The van der Waals surface area contributed by atoms with Crippen molar-refractivity contribution in [3.05, 3.63) is 83.4 Å². The van der Waals surface area contributed by atoms with E-state index in [4.69, 9.17) is 4.74 Å². The number of hydrogen-bond acceptors (Lipinski definition) is 2. The van der Waals surface area contributed by atoms with Gasteiger partial charge in [0, 0.05) is 6.42 Å². The summed E-state index contributed by atoms with van der Waals surface area (Å²) in [5, 5.41) is 0. The number of hydrogen-bond donors (Lipinski definition) is 0. The van der Waals surface area contributed by atoms with Crippen LogP contribution < -0.4 is 4.74 Å². The van der Waals surface area contributed by atoms with Crippen LogP contribution in [0.1, 0.15) is 29.9 Å². The molecule has 0 saturated carbocycles. The van der Waals surface area contributed by atoms with Gasteiger partial charge in [0.15, 0.2) is 5.78 Å². The SMILES string of the molecule is COc1ccc(C2CC(=O)C=C(C=Cc3ccccc3)C2)cc1. The number of rotatable bonds is 4. The third-order valence-electron chi connectivity index (χ3n) is 4.15. The normalized spacial score (nSPS) is 18.0. The fourth-order valence-electron chi connectivity index (χ4n) is 2.92. The van der Waals surface area contributed by atoms with Crippen molar-refractivity contribution in [1.82, 2.24) is 0 Å². The van der Waals surface area contributed by atoms with Crippen LogP contribution in [-0.4, -0.2) is 12.9 Å². The molecular formula is C21H20O2. The molecule has 1 aliphatic carbocycles. The summed E-state index contributed by atoms with van der Waals surface area (Å²) in [6.45, 7) is 0. The van der Waals surface area contributed by atoms with Crippen molar-refractivity contribution in [2.75, 3.05) is 7.11 Å². The Hall–Kier alpha value is -2.61. The Morgan fingerprint density at radius 1 is 0.957 bits per heavy atom. The number of carbonyl (C=O) groups is 1. The van der Waals surface area contributed by atoms with E-state index in [2.05, 4.69) is 36.4 Å². The average Bonchev–Trinajstić information content (AvgIpc) is 2.60. The molecule has 116 valence electrons. The van der Waals surface area contributed by atoms with Gasteiger partial charge in [-0.3, -0.25) is 4.79 Å². The van der Waals surface area contributed by atoms with Crippen molar-refractivity contribution in [2.24, 2.45) is 0 Å². The van der Waals surface area contributed by atoms with Crippen molar-refractivity contribution in [1.29, 1.82) is 0 Å². The first-order valence-corrected chi connectivity index (χ1v) is 7.85. The first-order valence-electron chi connectivity index (χ1n) is 7.85. The Balaban J connectivity index is 1.75. The van der Waals surface area contributed by atoms with E-state index in [0.29, 0.717) is 6.42 Å². The molecular weight excluding hydrogens is 284 g/mol. The molecule has 2 aromatic carbocycles. The maximum Gasteiger partial charge on any atom is 0.156 e. The highest BCUT2D eigenvalue weighted by Crippen LogP contribution is 2.33. The summed E-state index contributed by atoms with van der Waals surface area (Å²) in [6, 6.07) is 18.2. The fourth-order valence-corrected chi connectivity index (χ4v) is 2.92. The monoisotopic (exact) mass is 304 g/mol. The van der Waals surface area contributed by atoms with E-state index in [0.717, 1.165) is 23.3 Å². The van der Waals surface area contributed by atoms with E-state index < -0.39 is 0 Å². The van der Waals surface area contributed by atoms with Crippen molar-refractivity contribution in [3.63, 3.8) is 0 Å². The minimum absolute atomic E-state index is 0.199. The van der Waals surface area contributed by atoms with Gasteiger partial charge in [0.2, 0.25) is 0 Å². The van der Waals surface area contributed by atoms with E-state index in [9.17, 15) is 4.79 Å². The third-order valence-corrected chi connectivity index (χ3v) is 4.15. The molecule has 1 atom stereocenters. The molecule has 2 nitrogen and oxygen atoms in total. The fraction of sp³-hybridized carbons (Fsp3) is 0.190. The zero-order valence-electron chi connectivity index (χ0n) is 13.2. The van der Waals surface area contributed by atoms with Crippen LogP contribution >= 0.6 is 0 Å². The minimum atomic E-state index is 0.199. The standard InChI is InChI=1S/C21H20O2/c1-23-21-11-9-18(10-12-21)19-13-17(14-20(22)15-19)8-7-16-5-3-2-4-6-16/h2-12,14,19H,13,15H2,1H3. The van der Waals surface area contributed by atoms with Crippen LogP contribution in [0.4, 0.5) is 0 Å². The van der Waals surface area contributed by atoms with Crippen molar-refractivity contribution in [3.8, 4) is 5.75 Å². The number of carbonyl (C=O) groups excluding carboxylic acids is 1. The van der Waals surface area contributed by atoms with Crippen LogP contribution in [-0.2, 0) is 4.79 Å². The van der Waals surface area contributed by atoms with Crippen LogP contribution in [0.25, 0.3) is 6.08 Å². The summed E-state index contributed by atoms with van der Waals surface area (Å²) in [6.07, 6.45) is 7.37. The third kappa shape index (κ3) is 3.98. The van der Waals surface area contributed by atoms with Crippen LogP contribution in [0.15, 0.2) is 72.3 Å². The Labute approximate surface area is 137 Å². The van der Waals surface area contributed by atoms with Gasteiger partial charge in [-0.05, 0) is 47.2 Å². The molecule has 1 aliphatic rings. The molecule has 0 spiro atoms. The number of ether oxygens (including phenoxy) is 1. The second-order valence-electron chi connectivity index (χ2n) is 5.81. The van der Waals surface area contributed by atoms with Gasteiger partial charge in [-0.25, -0.2) is 0 Å². The Morgan fingerprint density at radius 3 is 2.39 bits per heavy atom. The quantitative estimate of drug-likeness (QED) is 0.812. The predicted molar refractivity (Wildman–Crippen MR) is 93.5 cm³/mol. The van der Waals surface area contributed by atoms with Crippen LogP contribution in [0.2, 0.25) is 0 Å². The molecule has 2 heteroatoms. The van der Waals surface area contributed by atoms with Crippen LogP contribution in [0, 0.1) is 0 Å². The maximum absolute atomic E-state index is 12.1. The average molecular weight is 304 g/mol. The zero-order chi connectivity index (χ0) is 16.1. The summed E-state index contributed by atoms with van der Waals surface area (Å²) in [5.41, 5.74) is 3.43. The van der Waals surface area contributed by atoms with Gasteiger partial charge in [0.1, 0.15) is 5.75 Å². The Bertz CT molecular complexity index is 724. The second kappa shape index (κ2) is 7.10. The lowest BCUT2D eigenvalue weighted by Crippen LogP contribution is -2.12. The highest BCUT2D eigenvalue weighted by atomic mass is 16.5. The lowest BCUT2D eigenvalue weighted by molar-refractivity contribution is -0.115. The van der Waals surface area contributed by atoms with Gasteiger partial charge in [0.25, 0.3) is 0 Å². The number of methoxy groups -OCH3 is 1. The maximum atomic E-state index is 12.1. The van der Waals surface area contributed by atoms with E-state index in [1.54, 1.807) is 13.2 Å². The van der Waals surface area contributed by atoms with Gasteiger partial charge in [-0.15, -0.1) is 0 Å². The topological polar surface area (TPSA) is 26.3 Å². The van der Waals surface area contributed by atoms with Crippen molar-refractivity contribution < 1.29 is 9.53 Å². The van der Waals surface area contributed by atoms with Crippen molar-refractivity contribution in [2.45, 2.75) is 18.8 Å². The molecule has 0 aromatic heterocycles. The van der Waals surface area contributed by atoms with Crippen LogP contribution in [0.5, 0.6) is 5.75 Å². The first kappa shape index (κ1) is 15.3. The number of allylic oxidation sites excluding steroid dienone is 3. The van der Waals surface area contributed by atoms with Crippen LogP contribution in [0.3, 0.4) is 0 Å². The molecule has 0 heterocycles. The molecule has 0 N–H and O–H groups in total. The smallest absolute Gasteiger partial charge is 0.156 e. The molecule has 1 unspecified atom stereocenters. The highest BCUT2D eigenvalue weighted by Gasteiger charge is 2.21. The summed E-state index contributed by atoms with van der Waals surface area (Å²) >= 11 is 0. The molecule has 0 amide bonds. The molecule has 0 radical (unpaired) electrons. The zero-order valence-corrected chi connectivity index (χ0v) is 13.2. The summed E-state index contributed by atoms with van der Waals surface area (Å²) < 4.78 is 5.20. The minimum Gasteiger partial charge on any atom is -0.497 e. The molecule has 0 bridgehead atoms. The molecule has 0 saturated heterocycles. The van der Waals surface area contributed by atoms with Gasteiger partial charge in [-0.1, -0.05) is 54.6 Å². The van der Waals surface area contributed by atoms with E-state index in [1.165, 1.54) is 5.56 Å². The largest absolute Gasteiger partial charge is 0.497 e. The Morgan fingerprint density at radius 2 is 1.70 bits per heavy atom. The number of ketones is 1. The Kier molecular flexibility index (Phi) is 4.72. The summed E-state index contributed by atoms with van der Waals surface area (Å²) in [4.78, 5) is 12.1. The summed E-state index contributed by atoms with van der Waals surface area (Å²) in [5.74, 6) is 1.29. The van der Waals surface area contributed by atoms with E-state index >= 15 is 0 Å². The number of benzene rings is 2. The van der Waals surface area contributed by atoms with Gasteiger partial charge in [-0.2, -0.15) is 0 Å². The van der Waals surface area contributed by atoms with Gasteiger partial charge >= 0.3 is 0 Å². The first-order chi connectivity index (χ1) is 11.2. The van der Waals surface area contributed by atoms with Crippen molar-refractivity contribution >= 4 is 11.9 Å². The van der Waals surface area contributed by atoms with E-state index in [1.807, 2.05) is 30.3 Å². The van der Waals surface area contributed by atoms with Gasteiger partial charge in [0.05, 0.1) is 7.11 Å². The molecule has 0 fully saturated rings. The van der Waals surface area contributed by atoms with E-state index in [-0.39, 0.29) is 11.7 Å². The summed E-state index contributed by atoms with van der Waals surface area (Å²) in [7, 11) is 1.66. The predicted octanol–water partition coefficient (Wildman–Crippen LogP) is 4.78. The molecule has 2 aromatic rings. The molecule has 3 rings (SSSR count). The molecule has 0 aliphatic heterocycles. The lowest BCUT2D eigenvalue weighted by Gasteiger charge is -2.21. The molecule has 23 heavy (non-hydrogen) atoms. The highest BCUT2D eigenvalue weighted by molar-refractivity contribution is 5.92. The van der Waals surface area contributed by atoms with Gasteiger partial charge < -0.3 is 4.74 Å².